The number of hydrogen-bond donors (Lipinski definition) is 3. The van der Waals surface area contributed by atoms with E-state index in [2.05, 4.69) is 5.32 Å². The molecule has 0 aliphatic rings. The molecule has 0 spiro atoms. The number of aryl methyl sites for hydroxylation is 1. The monoisotopic (exact) mass is 279 g/mol. The molecule has 1 aromatic rings. The number of carbonyl (C=O) groups excluding carboxylic acids is 1. The Balaban J connectivity index is 2.69. The highest BCUT2D eigenvalue weighted by Crippen LogP contribution is 2.14. The smallest absolute Gasteiger partial charge is 0.251 e. The fourth-order valence-electron chi connectivity index (χ4n) is 1.86. The highest BCUT2D eigenvalue weighted by atomic mass is 16.3. The van der Waals surface area contributed by atoms with Crippen LogP contribution in [0, 0.1) is 0 Å². The molecule has 3 N–H and O–H groups in total. The second-order valence-electron chi connectivity index (χ2n) is 5.77. The SMILES string of the molecule is CC[C@@H](CO)NC(=O)c1cccc(CCC(C)(C)O)c1. The minimum absolute atomic E-state index is 0.0549. The van der Waals surface area contributed by atoms with Crippen LogP contribution >= 0.6 is 0 Å². The first-order chi connectivity index (χ1) is 9.35. The van der Waals surface area contributed by atoms with Crippen molar-refractivity contribution in [1.82, 2.24) is 5.32 Å². The summed E-state index contributed by atoms with van der Waals surface area (Å²) >= 11 is 0. The normalized spacial score (nSPS) is 13.1. The molecule has 0 bridgehead atoms. The van der Waals surface area contributed by atoms with Crippen LogP contribution in [0.1, 0.15) is 49.5 Å². The van der Waals surface area contributed by atoms with Crippen LogP contribution in [0.2, 0.25) is 0 Å². The largest absolute Gasteiger partial charge is 0.394 e. The van der Waals surface area contributed by atoms with E-state index in [1.165, 1.54) is 0 Å². The van der Waals surface area contributed by atoms with Crippen molar-refractivity contribution in [3.8, 4) is 0 Å². The van der Waals surface area contributed by atoms with E-state index < -0.39 is 5.60 Å². The second-order valence-corrected chi connectivity index (χ2v) is 5.77. The van der Waals surface area contributed by atoms with Gasteiger partial charge in [-0.25, -0.2) is 0 Å². The first-order valence-corrected chi connectivity index (χ1v) is 7.08. The summed E-state index contributed by atoms with van der Waals surface area (Å²) in [6, 6.07) is 7.18. The summed E-state index contributed by atoms with van der Waals surface area (Å²) in [6.07, 6.45) is 2.06. The molecule has 0 radical (unpaired) electrons. The lowest BCUT2D eigenvalue weighted by atomic mass is 9.98. The lowest BCUT2D eigenvalue weighted by Gasteiger charge is -2.17. The third-order valence-electron chi connectivity index (χ3n) is 3.26. The molecule has 0 saturated heterocycles. The van der Waals surface area contributed by atoms with E-state index in [1.54, 1.807) is 19.9 Å². The van der Waals surface area contributed by atoms with Crippen molar-refractivity contribution >= 4 is 5.91 Å². The van der Waals surface area contributed by atoms with E-state index >= 15 is 0 Å². The van der Waals surface area contributed by atoms with E-state index in [9.17, 15) is 9.90 Å². The van der Waals surface area contributed by atoms with Gasteiger partial charge in [0, 0.05) is 5.56 Å². The van der Waals surface area contributed by atoms with Gasteiger partial charge in [-0.1, -0.05) is 19.1 Å². The van der Waals surface area contributed by atoms with E-state index in [0.717, 1.165) is 12.0 Å². The Kier molecular flexibility index (Phi) is 6.17. The topological polar surface area (TPSA) is 69.6 Å². The number of amides is 1. The van der Waals surface area contributed by atoms with Gasteiger partial charge in [0.2, 0.25) is 0 Å². The summed E-state index contributed by atoms with van der Waals surface area (Å²) in [5, 5.41) is 21.6. The van der Waals surface area contributed by atoms with Crippen LogP contribution in [0.4, 0.5) is 0 Å². The van der Waals surface area contributed by atoms with Crippen molar-refractivity contribution in [1.29, 1.82) is 0 Å². The van der Waals surface area contributed by atoms with E-state index in [-0.39, 0.29) is 18.6 Å². The van der Waals surface area contributed by atoms with E-state index in [4.69, 9.17) is 5.11 Å². The summed E-state index contributed by atoms with van der Waals surface area (Å²) in [4.78, 5) is 12.1. The van der Waals surface area contributed by atoms with Crippen molar-refractivity contribution in [3.05, 3.63) is 35.4 Å². The fraction of sp³-hybridized carbons (Fsp3) is 0.562. The molecule has 1 rings (SSSR count). The summed E-state index contributed by atoms with van der Waals surface area (Å²) < 4.78 is 0. The maximum absolute atomic E-state index is 12.1. The Morgan fingerprint density at radius 2 is 2.10 bits per heavy atom. The number of aliphatic hydroxyl groups is 2. The lowest BCUT2D eigenvalue weighted by molar-refractivity contribution is 0.0714. The van der Waals surface area contributed by atoms with Crippen molar-refractivity contribution in [2.75, 3.05) is 6.61 Å². The average Bonchev–Trinajstić information content (AvgIpc) is 2.42. The third kappa shape index (κ3) is 5.72. The molecule has 0 aromatic heterocycles. The molecular weight excluding hydrogens is 254 g/mol. The molecule has 4 heteroatoms. The summed E-state index contributed by atoms with van der Waals surface area (Å²) in [5.41, 5.74) is 0.907. The van der Waals surface area contributed by atoms with Crippen LogP contribution in [0.25, 0.3) is 0 Å². The Labute approximate surface area is 120 Å². The van der Waals surface area contributed by atoms with Crippen molar-refractivity contribution in [3.63, 3.8) is 0 Å². The Morgan fingerprint density at radius 1 is 1.40 bits per heavy atom. The molecule has 1 atom stereocenters. The first kappa shape index (κ1) is 16.7. The number of aliphatic hydroxyl groups excluding tert-OH is 1. The molecule has 0 heterocycles. The number of rotatable bonds is 7. The van der Waals surface area contributed by atoms with Crippen molar-refractivity contribution in [2.45, 2.75) is 51.7 Å². The standard InChI is InChI=1S/C16H25NO3/c1-4-14(11-18)17-15(19)13-7-5-6-12(10-13)8-9-16(2,3)20/h5-7,10,14,18,20H,4,8-9,11H2,1-3H3,(H,17,19)/t14-/m0/s1. The molecule has 0 unspecified atom stereocenters. The highest BCUT2D eigenvalue weighted by Gasteiger charge is 2.14. The van der Waals surface area contributed by atoms with Gasteiger partial charge in [0.1, 0.15) is 0 Å². The van der Waals surface area contributed by atoms with Crippen LogP contribution in [-0.2, 0) is 6.42 Å². The maximum Gasteiger partial charge on any atom is 0.251 e. The van der Waals surface area contributed by atoms with Crippen molar-refractivity contribution < 1.29 is 15.0 Å². The molecule has 4 nitrogen and oxygen atoms in total. The van der Waals surface area contributed by atoms with Gasteiger partial charge in [-0.3, -0.25) is 4.79 Å². The van der Waals surface area contributed by atoms with Gasteiger partial charge in [0.25, 0.3) is 5.91 Å². The Bertz CT molecular complexity index is 434. The van der Waals surface area contributed by atoms with E-state index in [0.29, 0.717) is 18.4 Å². The van der Waals surface area contributed by atoms with Crippen LogP contribution < -0.4 is 5.32 Å². The van der Waals surface area contributed by atoms with Gasteiger partial charge >= 0.3 is 0 Å². The van der Waals surface area contributed by atoms with Crippen LogP contribution in [0.5, 0.6) is 0 Å². The molecule has 0 saturated carbocycles. The zero-order valence-corrected chi connectivity index (χ0v) is 12.5. The zero-order chi connectivity index (χ0) is 15.2. The molecule has 0 aliphatic heterocycles. The molecule has 1 amide bonds. The predicted molar refractivity (Wildman–Crippen MR) is 79.7 cm³/mol. The third-order valence-corrected chi connectivity index (χ3v) is 3.26. The van der Waals surface area contributed by atoms with Crippen LogP contribution in [-0.4, -0.2) is 34.4 Å². The lowest BCUT2D eigenvalue weighted by Crippen LogP contribution is -2.36. The number of hydrogen-bond acceptors (Lipinski definition) is 3. The van der Waals surface area contributed by atoms with Gasteiger partial charge in [-0.15, -0.1) is 0 Å². The van der Waals surface area contributed by atoms with Crippen LogP contribution in [0.3, 0.4) is 0 Å². The quantitative estimate of drug-likeness (QED) is 0.714. The van der Waals surface area contributed by atoms with Gasteiger partial charge < -0.3 is 15.5 Å². The average molecular weight is 279 g/mol. The summed E-state index contributed by atoms with van der Waals surface area (Å²) in [5.74, 6) is -0.170. The Hall–Kier alpha value is -1.39. The molecule has 0 fully saturated rings. The molecule has 1 aromatic carbocycles. The number of carbonyl (C=O) groups is 1. The van der Waals surface area contributed by atoms with Gasteiger partial charge in [-0.2, -0.15) is 0 Å². The summed E-state index contributed by atoms with van der Waals surface area (Å²) in [7, 11) is 0. The molecule has 20 heavy (non-hydrogen) atoms. The fourth-order valence-corrected chi connectivity index (χ4v) is 1.86. The van der Waals surface area contributed by atoms with Crippen molar-refractivity contribution in [2.24, 2.45) is 0 Å². The molecule has 112 valence electrons. The molecular formula is C16H25NO3. The summed E-state index contributed by atoms with van der Waals surface area (Å²) in [6.45, 7) is 5.41. The first-order valence-electron chi connectivity index (χ1n) is 7.08. The van der Waals surface area contributed by atoms with Gasteiger partial charge in [-0.05, 0) is 50.8 Å². The maximum atomic E-state index is 12.1. The molecule has 0 aliphatic carbocycles. The number of benzene rings is 1. The second kappa shape index (κ2) is 7.41. The van der Waals surface area contributed by atoms with Gasteiger partial charge in [0.05, 0.1) is 18.2 Å². The predicted octanol–water partition coefficient (Wildman–Crippen LogP) is 1.89. The van der Waals surface area contributed by atoms with Crippen LogP contribution in [0.15, 0.2) is 24.3 Å². The minimum atomic E-state index is -0.706. The van der Waals surface area contributed by atoms with E-state index in [1.807, 2.05) is 25.1 Å². The van der Waals surface area contributed by atoms with Gasteiger partial charge in [0.15, 0.2) is 0 Å². The number of nitrogens with one attached hydrogen (secondary N) is 1. The Morgan fingerprint density at radius 3 is 2.65 bits per heavy atom. The highest BCUT2D eigenvalue weighted by molar-refractivity contribution is 5.94. The zero-order valence-electron chi connectivity index (χ0n) is 12.5. The minimum Gasteiger partial charge on any atom is -0.394 e.